The predicted molar refractivity (Wildman–Crippen MR) is 125 cm³/mol. The van der Waals surface area contributed by atoms with E-state index in [2.05, 4.69) is 10.1 Å². The van der Waals surface area contributed by atoms with Crippen molar-refractivity contribution in [2.45, 2.75) is 43.9 Å². The number of hydrogen-bond donors (Lipinski definition) is 1. The molecule has 1 atom stereocenters. The number of hydrogen-bond acceptors (Lipinski definition) is 6. The summed E-state index contributed by atoms with van der Waals surface area (Å²) in [4.78, 5) is 26.8. The molecule has 2 aliphatic heterocycles. The summed E-state index contributed by atoms with van der Waals surface area (Å²) in [5, 5.41) is 3.42. The number of benzene rings is 1. The van der Waals surface area contributed by atoms with Crippen LogP contribution in [0.3, 0.4) is 0 Å². The molecule has 1 spiro atoms. The van der Waals surface area contributed by atoms with Gasteiger partial charge >= 0.3 is 12.5 Å². The fourth-order valence-electron chi connectivity index (χ4n) is 5.10. The molecule has 214 valence electrons. The fourth-order valence-corrected chi connectivity index (χ4v) is 5.10. The Balaban J connectivity index is 1.44. The van der Waals surface area contributed by atoms with Crippen LogP contribution in [-0.4, -0.2) is 73.7 Å². The van der Waals surface area contributed by atoms with Gasteiger partial charge in [0.1, 0.15) is 6.61 Å². The summed E-state index contributed by atoms with van der Waals surface area (Å²) in [6.07, 6.45) is -8.94. The largest absolute Gasteiger partial charge is 0.522 e. The van der Waals surface area contributed by atoms with Crippen LogP contribution in [0.25, 0.3) is 0 Å². The van der Waals surface area contributed by atoms with E-state index in [0.717, 1.165) is 0 Å². The highest BCUT2D eigenvalue weighted by atomic mass is 19.4. The number of ketones is 1. The average molecular weight is 563 g/mol. The summed E-state index contributed by atoms with van der Waals surface area (Å²) in [7, 11) is 1.33. The Hall–Kier alpha value is -3.26. The summed E-state index contributed by atoms with van der Waals surface area (Å²) in [6.45, 7) is 1.58. The molecule has 1 aromatic carbocycles. The monoisotopic (exact) mass is 563 g/mol. The van der Waals surface area contributed by atoms with E-state index in [0.29, 0.717) is 38.2 Å². The molecule has 0 saturated carbocycles. The average Bonchev–Trinajstić information content (AvgIpc) is 3.34. The summed E-state index contributed by atoms with van der Waals surface area (Å²) in [6, 6.07) is 6.70. The van der Waals surface area contributed by atoms with Crippen molar-refractivity contribution in [2.75, 3.05) is 40.0 Å². The Morgan fingerprint density at radius 2 is 1.72 bits per heavy atom. The molecular formula is C25H27F6N3O5. The van der Waals surface area contributed by atoms with Crippen LogP contribution in [0.5, 0.6) is 11.5 Å². The molecule has 0 aliphatic carbocycles. The Morgan fingerprint density at radius 3 is 2.33 bits per heavy atom. The molecule has 1 aromatic heterocycles. The molecule has 1 N–H and O–H groups in total. The van der Waals surface area contributed by atoms with E-state index in [-0.39, 0.29) is 35.6 Å². The lowest BCUT2D eigenvalue weighted by Gasteiger charge is -2.47. The molecule has 4 rings (SSSR count). The van der Waals surface area contributed by atoms with Crippen LogP contribution in [0.4, 0.5) is 26.3 Å². The van der Waals surface area contributed by atoms with Gasteiger partial charge in [-0.25, -0.2) is 0 Å². The van der Waals surface area contributed by atoms with E-state index in [1.807, 2.05) is 0 Å². The number of fused-ring (bicyclic) bond motifs is 2. The number of methoxy groups -OCH3 is 1. The van der Waals surface area contributed by atoms with Gasteiger partial charge in [-0.05, 0) is 50.1 Å². The number of aromatic nitrogens is 1. The number of rotatable bonds is 7. The molecule has 0 radical (unpaired) electrons. The zero-order valence-electron chi connectivity index (χ0n) is 21.1. The van der Waals surface area contributed by atoms with Crippen molar-refractivity contribution in [3.8, 4) is 11.5 Å². The zero-order chi connectivity index (χ0) is 28.6. The number of carbonyl (C=O) groups is 2. The third-order valence-corrected chi connectivity index (χ3v) is 7.00. The van der Waals surface area contributed by atoms with Crippen LogP contribution in [0.1, 0.15) is 52.3 Å². The van der Waals surface area contributed by atoms with Crippen LogP contribution >= 0.6 is 0 Å². The minimum absolute atomic E-state index is 0.142. The Labute approximate surface area is 219 Å². The minimum Gasteiger partial charge on any atom is -0.493 e. The topological polar surface area (TPSA) is 82.0 Å². The number of piperidine rings is 1. The summed E-state index contributed by atoms with van der Waals surface area (Å²) < 4.78 is 91.5. The van der Waals surface area contributed by atoms with Gasteiger partial charge in [0, 0.05) is 36.9 Å². The number of amides is 1. The van der Waals surface area contributed by atoms with Gasteiger partial charge in [0.25, 0.3) is 11.7 Å². The van der Waals surface area contributed by atoms with E-state index < -0.39 is 36.2 Å². The molecule has 0 bridgehead atoms. The van der Waals surface area contributed by atoms with Crippen LogP contribution in [0, 0.1) is 0 Å². The Kier molecular flexibility index (Phi) is 7.90. The number of halogens is 6. The molecule has 1 unspecified atom stereocenters. The normalized spacial score (nSPS) is 19.1. The van der Waals surface area contributed by atoms with Gasteiger partial charge in [0.05, 0.1) is 24.9 Å². The van der Waals surface area contributed by atoms with Gasteiger partial charge in [-0.2, -0.15) is 13.2 Å². The lowest BCUT2D eigenvalue weighted by molar-refractivity contribution is -0.325. The van der Waals surface area contributed by atoms with Crippen LogP contribution < -0.4 is 14.8 Å². The van der Waals surface area contributed by atoms with E-state index in [9.17, 15) is 35.9 Å². The van der Waals surface area contributed by atoms with Crippen LogP contribution in [0.15, 0.2) is 30.3 Å². The van der Waals surface area contributed by atoms with Gasteiger partial charge < -0.3 is 24.3 Å². The van der Waals surface area contributed by atoms with Crippen molar-refractivity contribution in [3.05, 3.63) is 47.3 Å². The van der Waals surface area contributed by atoms with E-state index >= 15 is 0 Å². The second kappa shape index (κ2) is 10.7. The van der Waals surface area contributed by atoms with E-state index in [1.54, 1.807) is 17.9 Å². The molecule has 8 nitrogen and oxygen atoms in total. The van der Waals surface area contributed by atoms with Crippen molar-refractivity contribution in [1.29, 1.82) is 0 Å². The molecule has 14 heteroatoms. The first-order valence-corrected chi connectivity index (χ1v) is 12.1. The number of nitrogens with one attached hydrogen (secondary N) is 1. The molecule has 3 heterocycles. The SMILES string of the molecule is COc1cc(C(=O)N2CCC3(CC2)NCC(C)n2c(C(=O)C(F)(F)F)ccc23)ccc1OCCOC(F)(F)F. The highest BCUT2D eigenvalue weighted by Gasteiger charge is 2.47. The molecular weight excluding hydrogens is 536 g/mol. The van der Waals surface area contributed by atoms with Crippen molar-refractivity contribution >= 4 is 11.7 Å². The summed E-state index contributed by atoms with van der Waals surface area (Å²) in [5.74, 6) is -1.91. The first-order valence-electron chi connectivity index (χ1n) is 12.1. The van der Waals surface area contributed by atoms with Crippen LogP contribution in [0.2, 0.25) is 0 Å². The first-order chi connectivity index (χ1) is 18.3. The molecule has 2 aromatic rings. The Bertz CT molecular complexity index is 1220. The van der Waals surface area contributed by atoms with Gasteiger partial charge in [0.15, 0.2) is 11.5 Å². The second-order valence-electron chi connectivity index (χ2n) is 9.41. The third-order valence-electron chi connectivity index (χ3n) is 7.00. The molecule has 39 heavy (non-hydrogen) atoms. The number of likely N-dealkylation sites (tertiary alicyclic amines) is 1. The Morgan fingerprint density at radius 1 is 1.03 bits per heavy atom. The zero-order valence-corrected chi connectivity index (χ0v) is 21.1. The lowest BCUT2D eigenvalue weighted by atomic mass is 9.82. The standard InChI is InChI=1S/C25H27F6N3O5/c1-15-14-32-23(20-6-4-17(34(15)20)21(35)24(26,27)28)7-9-33(10-8-23)22(36)16-3-5-18(19(13-16)37-2)38-11-12-39-25(29,30)31/h3-6,13,15,32H,7-12,14H2,1-2H3. The minimum atomic E-state index is -4.98. The van der Waals surface area contributed by atoms with Gasteiger partial charge in [0.2, 0.25) is 0 Å². The molecule has 1 amide bonds. The highest BCUT2D eigenvalue weighted by Crippen LogP contribution is 2.40. The smallest absolute Gasteiger partial charge is 0.493 e. The lowest BCUT2D eigenvalue weighted by Crippen LogP contribution is -2.57. The molecule has 1 saturated heterocycles. The maximum absolute atomic E-state index is 13.2. The predicted octanol–water partition coefficient (Wildman–Crippen LogP) is 4.45. The van der Waals surface area contributed by atoms with Crippen molar-refractivity contribution in [2.24, 2.45) is 0 Å². The first kappa shape index (κ1) is 28.7. The summed E-state index contributed by atoms with van der Waals surface area (Å²) >= 11 is 0. The van der Waals surface area contributed by atoms with Crippen molar-refractivity contribution in [3.63, 3.8) is 0 Å². The summed E-state index contributed by atoms with van der Waals surface area (Å²) in [5.41, 5.74) is -0.239. The van der Waals surface area contributed by atoms with Gasteiger partial charge in [-0.15, -0.1) is 13.2 Å². The van der Waals surface area contributed by atoms with Gasteiger partial charge in [-0.3, -0.25) is 14.3 Å². The maximum Gasteiger partial charge on any atom is 0.522 e. The van der Waals surface area contributed by atoms with Crippen molar-refractivity contribution < 1.29 is 50.1 Å². The van der Waals surface area contributed by atoms with Crippen molar-refractivity contribution in [1.82, 2.24) is 14.8 Å². The number of Topliss-reactive ketones (excluding diaryl/α,β-unsaturated/α-hetero) is 1. The van der Waals surface area contributed by atoms with Crippen LogP contribution in [-0.2, 0) is 10.3 Å². The quantitative estimate of drug-likeness (QED) is 0.305. The fraction of sp³-hybridized carbons (Fsp3) is 0.520. The highest BCUT2D eigenvalue weighted by molar-refractivity contribution is 5.99. The molecule has 1 fully saturated rings. The van der Waals surface area contributed by atoms with E-state index in [1.165, 1.54) is 35.9 Å². The third kappa shape index (κ3) is 6.01. The number of nitrogens with zero attached hydrogens (tertiary/aromatic N) is 2. The molecule has 2 aliphatic rings. The van der Waals surface area contributed by atoms with E-state index in [4.69, 9.17) is 9.47 Å². The number of ether oxygens (including phenoxy) is 3. The number of alkyl halides is 6. The second-order valence-corrected chi connectivity index (χ2v) is 9.41. The number of carbonyl (C=O) groups excluding carboxylic acids is 2. The maximum atomic E-state index is 13.2. The van der Waals surface area contributed by atoms with Gasteiger partial charge in [-0.1, -0.05) is 0 Å².